The van der Waals surface area contributed by atoms with Crippen LogP contribution in [0.25, 0.3) is 10.2 Å². The number of anilines is 1. The molecule has 0 atom stereocenters. The number of hydrogen-bond donors (Lipinski definition) is 0. The molecule has 0 spiro atoms. The van der Waals surface area contributed by atoms with Crippen LogP contribution in [-0.2, 0) is 9.84 Å². The quantitative estimate of drug-likeness (QED) is 0.483. The second-order valence-electron chi connectivity index (χ2n) is 7.08. The molecule has 0 aliphatic heterocycles. The van der Waals surface area contributed by atoms with Gasteiger partial charge in [-0.05, 0) is 49.5 Å². The number of carbonyl (C=O) groups excluding carboxylic acids is 1. The molecule has 0 bridgehead atoms. The van der Waals surface area contributed by atoms with Gasteiger partial charge in [0.1, 0.15) is 11.3 Å². The van der Waals surface area contributed by atoms with Crippen LogP contribution in [0.15, 0.2) is 47.4 Å². The van der Waals surface area contributed by atoms with Gasteiger partial charge >= 0.3 is 0 Å². The molecule has 166 valence electrons. The third-order valence-corrected chi connectivity index (χ3v) is 7.30. The van der Waals surface area contributed by atoms with Crippen molar-refractivity contribution >= 4 is 42.4 Å². The summed E-state index contributed by atoms with van der Waals surface area (Å²) >= 11 is 1.43. The Balaban J connectivity index is 1.99. The van der Waals surface area contributed by atoms with Crippen LogP contribution in [0.2, 0.25) is 0 Å². The second-order valence-corrected chi connectivity index (χ2v) is 10.1. The monoisotopic (exact) mass is 461 g/mol. The minimum absolute atomic E-state index is 0.184. The normalized spacial score (nSPS) is 11.8. The number of thiazole rings is 1. The van der Waals surface area contributed by atoms with E-state index in [4.69, 9.17) is 9.72 Å². The van der Waals surface area contributed by atoms with Crippen molar-refractivity contribution in [2.75, 3.05) is 44.4 Å². The Hall–Kier alpha value is -2.49. The van der Waals surface area contributed by atoms with Crippen LogP contribution in [0.5, 0.6) is 5.75 Å². The van der Waals surface area contributed by atoms with Gasteiger partial charge in [0.15, 0.2) is 15.0 Å². The molecular weight excluding hydrogens is 434 g/mol. The van der Waals surface area contributed by atoms with Crippen LogP contribution in [0.3, 0.4) is 0 Å². The highest BCUT2D eigenvalue weighted by Crippen LogP contribution is 2.34. The number of aromatic nitrogens is 1. The Morgan fingerprint density at radius 2 is 1.74 bits per heavy atom. The fourth-order valence-corrected chi connectivity index (χ4v) is 4.90. The summed E-state index contributed by atoms with van der Waals surface area (Å²) in [4.78, 5) is 22.2. The fraction of sp³-hybridized carbons (Fsp3) is 0.364. The van der Waals surface area contributed by atoms with Crippen LogP contribution >= 0.6 is 11.3 Å². The Morgan fingerprint density at radius 1 is 1.06 bits per heavy atom. The molecule has 0 saturated carbocycles. The van der Waals surface area contributed by atoms with Gasteiger partial charge in [0.05, 0.1) is 16.7 Å². The van der Waals surface area contributed by atoms with E-state index in [0.717, 1.165) is 29.6 Å². The summed E-state index contributed by atoms with van der Waals surface area (Å²) in [6, 6.07) is 11.7. The van der Waals surface area contributed by atoms with Crippen LogP contribution in [0.4, 0.5) is 5.13 Å². The zero-order valence-corrected chi connectivity index (χ0v) is 19.8. The molecule has 0 radical (unpaired) electrons. The summed E-state index contributed by atoms with van der Waals surface area (Å²) in [5, 5.41) is 0.587. The van der Waals surface area contributed by atoms with E-state index in [1.54, 1.807) is 24.1 Å². The van der Waals surface area contributed by atoms with E-state index in [9.17, 15) is 13.2 Å². The van der Waals surface area contributed by atoms with E-state index >= 15 is 0 Å². The lowest BCUT2D eigenvalue weighted by Gasteiger charge is -2.24. The van der Waals surface area contributed by atoms with E-state index in [2.05, 4.69) is 18.7 Å². The van der Waals surface area contributed by atoms with Crippen molar-refractivity contribution < 1.29 is 17.9 Å². The number of hydrogen-bond acceptors (Lipinski definition) is 7. The number of para-hydroxylation sites is 1. The van der Waals surface area contributed by atoms with Crippen molar-refractivity contribution in [3.63, 3.8) is 0 Å². The van der Waals surface area contributed by atoms with Crippen molar-refractivity contribution in [3.05, 3.63) is 48.0 Å². The van der Waals surface area contributed by atoms with Gasteiger partial charge < -0.3 is 9.64 Å². The molecule has 0 saturated heterocycles. The molecule has 0 N–H and O–H groups in total. The van der Waals surface area contributed by atoms with E-state index in [-0.39, 0.29) is 10.8 Å². The number of amides is 1. The summed E-state index contributed by atoms with van der Waals surface area (Å²) in [7, 11) is -1.73. The van der Waals surface area contributed by atoms with E-state index in [0.29, 0.717) is 29.5 Å². The molecule has 7 nitrogen and oxygen atoms in total. The maximum atomic E-state index is 13.4. The summed E-state index contributed by atoms with van der Waals surface area (Å²) in [5.74, 6) is 0.443. The summed E-state index contributed by atoms with van der Waals surface area (Å²) < 4.78 is 29.9. The number of nitrogens with zero attached hydrogens (tertiary/aromatic N) is 3. The predicted molar refractivity (Wildman–Crippen MR) is 125 cm³/mol. The lowest BCUT2D eigenvalue weighted by atomic mass is 10.2. The smallest absolute Gasteiger partial charge is 0.260 e. The number of benzene rings is 2. The van der Waals surface area contributed by atoms with Gasteiger partial charge in [0.2, 0.25) is 0 Å². The Labute approximate surface area is 187 Å². The van der Waals surface area contributed by atoms with Crippen molar-refractivity contribution in [1.29, 1.82) is 0 Å². The first-order valence-electron chi connectivity index (χ1n) is 10.1. The first kappa shape index (κ1) is 23.2. The van der Waals surface area contributed by atoms with Crippen LogP contribution in [-0.4, -0.2) is 63.8 Å². The number of sulfone groups is 1. The SMILES string of the molecule is CCN(CC)CCN(C(=O)c1ccc(S(C)(=O)=O)cc1)c1nc2c(OC)cccc2s1. The zero-order chi connectivity index (χ0) is 22.6. The number of rotatable bonds is 9. The Bertz CT molecular complexity index is 1150. The largest absolute Gasteiger partial charge is 0.494 e. The molecule has 3 rings (SSSR count). The van der Waals surface area contributed by atoms with Crippen LogP contribution in [0.1, 0.15) is 24.2 Å². The molecule has 0 unspecified atom stereocenters. The average molecular weight is 462 g/mol. The summed E-state index contributed by atoms with van der Waals surface area (Å²) in [5.41, 5.74) is 1.14. The summed E-state index contributed by atoms with van der Waals surface area (Å²) in [6.07, 6.45) is 1.15. The highest BCUT2D eigenvalue weighted by atomic mass is 32.2. The van der Waals surface area contributed by atoms with Crippen molar-refractivity contribution in [3.8, 4) is 5.75 Å². The van der Waals surface area contributed by atoms with E-state index < -0.39 is 9.84 Å². The molecule has 1 amide bonds. The van der Waals surface area contributed by atoms with Gasteiger partial charge in [-0.15, -0.1) is 0 Å². The maximum Gasteiger partial charge on any atom is 0.260 e. The predicted octanol–water partition coefficient (Wildman–Crippen LogP) is 3.70. The molecule has 31 heavy (non-hydrogen) atoms. The summed E-state index contributed by atoms with van der Waals surface area (Å²) in [6.45, 7) is 7.11. The molecule has 2 aromatic carbocycles. The van der Waals surface area contributed by atoms with Crippen molar-refractivity contribution in [1.82, 2.24) is 9.88 Å². The first-order chi connectivity index (χ1) is 14.8. The molecule has 9 heteroatoms. The highest BCUT2D eigenvalue weighted by molar-refractivity contribution is 7.90. The first-order valence-corrected chi connectivity index (χ1v) is 12.8. The molecule has 1 heterocycles. The molecule has 0 fully saturated rings. The van der Waals surface area contributed by atoms with Crippen molar-refractivity contribution in [2.24, 2.45) is 0 Å². The number of fused-ring (bicyclic) bond motifs is 1. The fourth-order valence-electron chi connectivity index (χ4n) is 3.26. The Morgan fingerprint density at radius 3 is 2.32 bits per heavy atom. The van der Waals surface area contributed by atoms with Crippen molar-refractivity contribution in [2.45, 2.75) is 18.7 Å². The lowest BCUT2D eigenvalue weighted by molar-refractivity contribution is 0.0983. The maximum absolute atomic E-state index is 13.4. The number of methoxy groups -OCH3 is 1. The standard InChI is InChI=1S/C22H27N3O4S2/c1-5-24(6-2)14-15-25(21(26)16-10-12-17(13-11-16)31(4,27)28)22-23-20-18(29-3)8-7-9-19(20)30-22/h7-13H,5-6,14-15H2,1-4H3. The third kappa shape index (κ3) is 5.23. The molecule has 1 aromatic heterocycles. The van der Waals surface area contributed by atoms with Gasteiger partial charge in [-0.1, -0.05) is 31.3 Å². The minimum Gasteiger partial charge on any atom is -0.494 e. The lowest BCUT2D eigenvalue weighted by Crippen LogP contribution is -2.38. The third-order valence-electron chi connectivity index (χ3n) is 5.13. The molecule has 0 aliphatic rings. The average Bonchev–Trinajstić information content (AvgIpc) is 3.20. The second kappa shape index (κ2) is 9.76. The molecule has 0 aliphatic carbocycles. The van der Waals surface area contributed by atoms with Gasteiger partial charge in [0.25, 0.3) is 5.91 Å². The van der Waals surface area contributed by atoms with E-state index in [1.165, 1.54) is 23.5 Å². The minimum atomic E-state index is -3.33. The number of carbonyl (C=O) groups is 1. The topological polar surface area (TPSA) is 79.8 Å². The van der Waals surface area contributed by atoms with Gasteiger partial charge in [-0.25, -0.2) is 13.4 Å². The Kier molecular flexibility index (Phi) is 7.30. The van der Waals surface area contributed by atoms with Gasteiger partial charge in [-0.3, -0.25) is 9.69 Å². The van der Waals surface area contributed by atoms with Gasteiger partial charge in [0, 0.05) is 24.9 Å². The number of ether oxygens (including phenoxy) is 1. The molecule has 3 aromatic rings. The van der Waals surface area contributed by atoms with Gasteiger partial charge in [-0.2, -0.15) is 0 Å². The molecular formula is C22H27N3O4S2. The van der Waals surface area contributed by atoms with Crippen LogP contribution < -0.4 is 9.64 Å². The van der Waals surface area contributed by atoms with Crippen LogP contribution in [0, 0.1) is 0 Å². The number of likely N-dealkylation sites (N-methyl/N-ethyl adjacent to an activating group) is 1. The zero-order valence-electron chi connectivity index (χ0n) is 18.2. The highest BCUT2D eigenvalue weighted by Gasteiger charge is 2.23. The van der Waals surface area contributed by atoms with E-state index in [1.807, 2.05) is 18.2 Å².